The average molecular weight is 337 g/mol. The van der Waals surface area contributed by atoms with E-state index in [0.29, 0.717) is 17.2 Å². The van der Waals surface area contributed by atoms with E-state index in [-0.39, 0.29) is 11.8 Å². The van der Waals surface area contributed by atoms with Crippen LogP contribution in [0.15, 0.2) is 54.6 Å². The lowest BCUT2D eigenvalue weighted by atomic mass is 9.85. The summed E-state index contributed by atoms with van der Waals surface area (Å²) in [7, 11) is 0. The van der Waals surface area contributed by atoms with Crippen LogP contribution in [0.4, 0.5) is 5.69 Å². The van der Waals surface area contributed by atoms with Crippen LogP contribution in [0.5, 0.6) is 0 Å². The van der Waals surface area contributed by atoms with Crippen LogP contribution in [-0.4, -0.2) is 17.0 Å². The van der Waals surface area contributed by atoms with Gasteiger partial charge < -0.3 is 10.4 Å². The number of carbonyl (C=O) groups excluding carboxylic acids is 1. The van der Waals surface area contributed by atoms with Gasteiger partial charge in [-0.25, -0.2) is 0 Å². The first-order chi connectivity index (χ1) is 11.9. The normalized spacial score (nSPS) is 15.4. The summed E-state index contributed by atoms with van der Waals surface area (Å²) in [6.45, 7) is 3.34. The first-order valence-electron chi connectivity index (χ1n) is 8.59. The molecule has 0 aromatic heterocycles. The Hall–Kier alpha value is -2.62. The molecule has 4 nitrogen and oxygen atoms in total. The van der Waals surface area contributed by atoms with Crippen molar-refractivity contribution in [1.29, 1.82) is 0 Å². The van der Waals surface area contributed by atoms with Gasteiger partial charge in [0.15, 0.2) is 0 Å². The molecule has 2 aromatic carbocycles. The maximum atomic E-state index is 12.8. The zero-order valence-corrected chi connectivity index (χ0v) is 14.5. The van der Waals surface area contributed by atoms with Crippen LogP contribution in [0.2, 0.25) is 0 Å². The molecule has 1 aliphatic carbocycles. The predicted molar refractivity (Wildman–Crippen MR) is 97.6 cm³/mol. The number of hydrogen-bond donors (Lipinski definition) is 2. The lowest BCUT2D eigenvalue weighted by molar-refractivity contribution is -0.142. The monoisotopic (exact) mass is 337 g/mol. The second-order valence-electron chi connectivity index (χ2n) is 7.22. The van der Waals surface area contributed by atoms with Crippen molar-refractivity contribution >= 4 is 17.6 Å². The number of carboxylic acids is 1. The molecule has 3 rings (SSSR count). The summed E-state index contributed by atoms with van der Waals surface area (Å²) >= 11 is 0. The molecule has 0 radical (unpaired) electrons. The van der Waals surface area contributed by atoms with Crippen molar-refractivity contribution in [3.8, 4) is 0 Å². The van der Waals surface area contributed by atoms with Gasteiger partial charge >= 0.3 is 5.97 Å². The van der Waals surface area contributed by atoms with Gasteiger partial charge in [-0.05, 0) is 55.9 Å². The van der Waals surface area contributed by atoms with E-state index in [2.05, 4.69) is 5.32 Å². The fourth-order valence-corrected chi connectivity index (χ4v) is 3.04. The number of anilines is 1. The first-order valence-corrected chi connectivity index (χ1v) is 8.59. The third-order valence-electron chi connectivity index (χ3n) is 4.94. The van der Waals surface area contributed by atoms with Crippen molar-refractivity contribution in [3.63, 3.8) is 0 Å². The predicted octanol–water partition coefficient (Wildman–Crippen LogP) is 4.18. The number of aliphatic carboxylic acids is 1. The maximum absolute atomic E-state index is 12.8. The Morgan fingerprint density at radius 2 is 1.64 bits per heavy atom. The van der Waals surface area contributed by atoms with Crippen LogP contribution in [0.3, 0.4) is 0 Å². The quantitative estimate of drug-likeness (QED) is 0.831. The molecule has 0 saturated heterocycles. The van der Waals surface area contributed by atoms with E-state index in [1.54, 1.807) is 38.1 Å². The Balaban J connectivity index is 1.75. The summed E-state index contributed by atoms with van der Waals surface area (Å²) < 4.78 is 0. The molecule has 4 heteroatoms. The highest BCUT2D eigenvalue weighted by molar-refractivity contribution is 5.96. The third-order valence-corrected chi connectivity index (χ3v) is 4.94. The minimum absolute atomic E-state index is 0.000977. The average Bonchev–Trinajstić information content (AvgIpc) is 3.41. The molecule has 1 unspecified atom stereocenters. The molecule has 1 fully saturated rings. The molecule has 0 heterocycles. The fraction of sp³-hybridized carbons (Fsp3) is 0.333. The van der Waals surface area contributed by atoms with Crippen LogP contribution >= 0.6 is 0 Å². The zero-order valence-electron chi connectivity index (χ0n) is 14.5. The van der Waals surface area contributed by atoms with Gasteiger partial charge in [0.05, 0.1) is 11.3 Å². The molecule has 1 amide bonds. The van der Waals surface area contributed by atoms with Crippen molar-refractivity contribution in [1.82, 2.24) is 0 Å². The minimum Gasteiger partial charge on any atom is -0.481 e. The fourth-order valence-electron chi connectivity index (χ4n) is 3.04. The Labute approximate surface area is 147 Å². The highest BCUT2D eigenvalue weighted by Crippen LogP contribution is 2.43. The topological polar surface area (TPSA) is 66.4 Å². The number of nitrogens with one attached hydrogen (secondary N) is 1. The van der Waals surface area contributed by atoms with E-state index in [9.17, 15) is 14.7 Å². The standard InChI is InChI=1S/C21H23NO3/c1-21(2,20(24)25)16-10-12-17(13-11-16)22-19(23)18(15-8-9-15)14-6-4-3-5-7-14/h3-7,10-13,15,18H,8-9H2,1-2H3,(H,22,23)(H,24,25). The molecule has 1 saturated carbocycles. The molecule has 1 aliphatic rings. The zero-order chi connectivity index (χ0) is 18.0. The summed E-state index contributed by atoms with van der Waals surface area (Å²) in [6.07, 6.45) is 2.16. The van der Waals surface area contributed by atoms with E-state index >= 15 is 0 Å². The number of amides is 1. The SMILES string of the molecule is CC(C)(C(=O)O)c1ccc(NC(=O)C(c2ccccc2)C2CC2)cc1. The summed E-state index contributed by atoms with van der Waals surface area (Å²) in [6, 6.07) is 16.9. The van der Waals surface area contributed by atoms with Crippen molar-refractivity contribution in [3.05, 3.63) is 65.7 Å². The number of rotatable bonds is 6. The molecule has 2 N–H and O–H groups in total. The summed E-state index contributed by atoms with van der Waals surface area (Å²) in [5.74, 6) is -0.593. The second-order valence-corrected chi connectivity index (χ2v) is 7.22. The number of benzene rings is 2. The van der Waals surface area contributed by atoms with E-state index < -0.39 is 11.4 Å². The Kier molecular flexibility index (Phi) is 4.62. The maximum Gasteiger partial charge on any atom is 0.313 e. The second kappa shape index (κ2) is 6.71. The molecule has 0 bridgehead atoms. The van der Waals surface area contributed by atoms with Gasteiger partial charge in [0.1, 0.15) is 0 Å². The van der Waals surface area contributed by atoms with Gasteiger partial charge in [-0.1, -0.05) is 42.5 Å². The van der Waals surface area contributed by atoms with Gasteiger partial charge in [0.2, 0.25) is 5.91 Å². The van der Waals surface area contributed by atoms with Gasteiger partial charge in [-0.3, -0.25) is 9.59 Å². The van der Waals surface area contributed by atoms with Gasteiger partial charge in [-0.15, -0.1) is 0 Å². The number of carboxylic acid groups (broad SMARTS) is 1. The van der Waals surface area contributed by atoms with E-state index in [1.165, 1.54) is 0 Å². The van der Waals surface area contributed by atoms with E-state index in [0.717, 1.165) is 18.4 Å². The lowest BCUT2D eigenvalue weighted by Gasteiger charge is -2.20. The number of hydrogen-bond acceptors (Lipinski definition) is 2. The molecule has 0 aliphatic heterocycles. The largest absolute Gasteiger partial charge is 0.481 e. The third kappa shape index (κ3) is 3.73. The summed E-state index contributed by atoms with van der Waals surface area (Å²) in [5.41, 5.74) is 1.49. The Bertz CT molecular complexity index is 761. The van der Waals surface area contributed by atoms with Crippen molar-refractivity contribution < 1.29 is 14.7 Å². The molecule has 25 heavy (non-hydrogen) atoms. The summed E-state index contributed by atoms with van der Waals surface area (Å²) in [4.78, 5) is 24.1. The van der Waals surface area contributed by atoms with Gasteiger partial charge in [0, 0.05) is 5.69 Å². The molecule has 0 spiro atoms. The van der Waals surface area contributed by atoms with E-state index in [4.69, 9.17) is 0 Å². The van der Waals surface area contributed by atoms with Crippen molar-refractivity contribution in [2.24, 2.45) is 5.92 Å². The summed E-state index contributed by atoms with van der Waals surface area (Å²) in [5, 5.41) is 12.3. The molecule has 1 atom stereocenters. The molecule has 130 valence electrons. The van der Waals surface area contributed by atoms with E-state index in [1.807, 2.05) is 30.3 Å². The van der Waals surface area contributed by atoms with Crippen molar-refractivity contribution in [2.45, 2.75) is 38.0 Å². The van der Waals surface area contributed by atoms with Crippen LogP contribution < -0.4 is 5.32 Å². The van der Waals surface area contributed by atoms with Gasteiger partial charge in [0.25, 0.3) is 0 Å². The Morgan fingerprint density at radius 3 is 2.16 bits per heavy atom. The highest BCUT2D eigenvalue weighted by atomic mass is 16.4. The number of carbonyl (C=O) groups is 2. The smallest absolute Gasteiger partial charge is 0.313 e. The highest BCUT2D eigenvalue weighted by Gasteiger charge is 2.37. The van der Waals surface area contributed by atoms with Gasteiger partial charge in [-0.2, -0.15) is 0 Å². The lowest BCUT2D eigenvalue weighted by Crippen LogP contribution is -2.28. The molecular formula is C21H23NO3. The molecular weight excluding hydrogens is 314 g/mol. The van der Waals surface area contributed by atoms with Crippen LogP contribution in [0.25, 0.3) is 0 Å². The minimum atomic E-state index is -0.955. The van der Waals surface area contributed by atoms with Crippen LogP contribution in [-0.2, 0) is 15.0 Å². The molecule has 2 aromatic rings. The first kappa shape index (κ1) is 17.2. The van der Waals surface area contributed by atoms with Crippen LogP contribution in [0, 0.1) is 5.92 Å². The van der Waals surface area contributed by atoms with Crippen molar-refractivity contribution in [2.75, 3.05) is 5.32 Å². The van der Waals surface area contributed by atoms with Crippen LogP contribution in [0.1, 0.15) is 43.7 Å². The Morgan fingerprint density at radius 1 is 1.04 bits per heavy atom.